The number of hydrogen-bond acceptors (Lipinski definition) is 3. The summed E-state index contributed by atoms with van der Waals surface area (Å²) in [4.78, 5) is 4.83. The van der Waals surface area contributed by atoms with E-state index in [1.165, 1.54) is 12.1 Å². The Morgan fingerprint density at radius 1 is 1.00 bits per heavy atom. The molecule has 3 aromatic rings. The van der Waals surface area contributed by atoms with Crippen molar-refractivity contribution >= 4 is 21.8 Å². The van der Waals surface area contributed by atoms with Gasteiger partial charge in [0.2, 0.25) is 0 Å². The molecule has 0 aliphatic carbocycles. The van der Waals surface area contributed by atoms with Crippen LogP contribution >= 0.6 is 15.9 Å². The predicted octanol–water partition coefficient (Wildman–Crippen LogP) is 4.61. The van der Waals surface area contributed by atoms with Gasteiger partial charge in [-0.25, -0.2) is 9.38 Å². The van der Waals surface area contributed by atoms with Crippen molar-refractivity contribution in [3.63, 3.8) is 0 Å². The van der Waals surface area contributed by atoms with Gasteiger partial charge in [-0.2, -0.15) is 0 Å². The van der Waals surface area contributed by atoms with Crippen molar-refractivity contribution in [2.24, 2.45) is 10.7 Å². The second-order valence-electron chi connectivity index (χ2n) is 6.14. The Kier molecular flexibility index (Phi) is 4.04. The van der Waals surface area contributed by atoms with E-state index < -0.39 is 5.54 Å². The lowest BCUT2D eigenvalue weighted by molar-refractivity contribution is 0.414. The zero-order valence-electron chi connectivity index (χ0n) is 14.0. The standard InChI is InChI=1S/C21H16BrFN2O/c1-26-17-8-5-13(6-9-17)21(14-3-2-4-15(22)11-14)19-12-16(23)7-10-18(19)20(24)25-21/h2-12H,1H3,(H2,24,25). The molecule has 0 saturated heterocycles. The molecule has 1 atom stereocenters. The summed E-state index contributed by atoms with van der Waals surface area (Å²) in [5.41, 5.74) is 8.61. The van der Waals surface area contributed by atoms with Gasteiger partial charge in [0.05, 0.1) is 7.11 Å². The van der Waals surface area contributed by atoms with Gasteiger partial charge in [-0.15, -0.1) is 0 Å². The number of fused-ring (bicyclic) bond motifs is 1. The number of rotatable bonds is 3. The average Bonchev–Trinajstić information content (AvgIpc) is 2.95. The molecule has 0 radical (unpaired) electrons. The van der Waals surface area contributed by atoms with Crippen LogP contribution in [0.25, 0.3) is 0 Å². The van der Waals surface area contributed by atoms with Crippen LogP contribution in [0.4, 0.5) is 4.39 Å². The molecular weight excluding hydrogens is 395 g/mol. The van der Waals surface area contributed by atoms with Gasteiger partial charge in [0.15, 0.2) is 0 Å². The quantitative estimate of drug-likeness (QED) is 0.685. The number of ether oxygens (including phenoxy) is 1. The van der Waals surface area contributed by atoms with Crippen LogP contribution in [0.3, 0.4) is 0 Å². The smallest absolute Gasteiger partial charge is 0.139 e. The lowest BCUT2D eigenvalue weighted by atomic mass is 9.77. The van der Waals surface area contributed by atoms with Crippen LogP contribution in [0, 0.1) is 5.82 Å². The maximum absolute atomic E-state index is 14.1. The van der Waals surface area contributed by atoms with Crippen molar-refractivity contribution in [3.8, 4) is 5.75 Å². The van der Waals surface area contributed by atoms with Crippen molar-refractivity contribution in [2.75, 3.05) is 7.11 Å². The molecule has 1 unspecified atom stereocenters. The maximum Gasteiger partial charge on any atom is 0.139 e. The highest BCUT2D eigenvalue weighted by molar-refractivity contribution is 9.10. The summed E-state index contributed by atoms with van der Waals surface area (Å²) in [5, 5.41) is 0. The number of methoxy groups -OCH3 is 1. The molecule has 0 amide bonds. The number of halogens is 2. The van der Waals surface area contributed by atoms with Crippen LogP contribution in [0.2, 0.25) is 0 Å². The molecule has 0 aromatic heterocycles. The molecule has 1 aliphatic rings. The van der Waals surface area contributed by atoms with E-state index in [0.717, 1.165) is 32.5 Å². The van der Waals surface area contributed by atoms with Gasteiger partial charge in [-0.05, 0) is 53.6 Å². The van der Waals surface area contributed by atoms with Crippen LogP contribution in [0.5, 0.6) is 5.75 Å². The Morgan fingerprint density at radius 2 is 1.77 bits per heavy atom. The Bertz CT molecular complexity index is 1020. The number of benzene rings is 3. The summed E-state index contributed by atoms with van der Waals surface area (Å²) >= 11 is 3.52. The van der Waals surface area contributed by atoms with Gasteiger partial charge in [-0.3, -0.25) is 0 Å². The van der Waals surface area contributed by atoms with Gasteiger partial charge in [0.25, 0.3) is 0 Å². The first-order chi connectivity index (χ1) is 12.5. The second-order valence-corrected chi connectivity index (χ2v) is 7.05. The Hall–Kier alpha value is -2.66. The largest absolute Gasteiger partial charge is 0.497 e. The highest BCUT2D eigenvalue weighted by atomic mass is 79.9. The Balaban J connectivity index is 2.05. The van der Waals surface area contributed by atoms with E-state index in [4.69, 9.17) is 15.5 Å². The first kappa shape index (κ1) is 16.8. The number of nitrogens with two attached hydrogens (primary N) is 1. The molecular formula is C21H16BrFN2O. The monoisotopic (exact) mass is 410 g/mol. The highest BCUT2D eigenvalue weighted by Gasteiger charge is 2.43. The van der Waals surface area contributed by atoms with Crippen LogP contribution in [0.1, 0.15) is 22.3 Å². The van der Waals surface area contributed by atoms with Gasteiger partial charge in [-0.1, -0.05) is 40.2 Å². The first-order valence-electron chi connectivity index (χ1n) is 8.11. The van der Waals surface area contributed by atoms with Gasteiger partial charge in [0.1, 0.15) is 22.9 Å². The topological polar surface area (TPSA) is 47.6 Å². The zero-order valence-corrected chi connectivity index (χ0v) is 15.6. The minimum Gasteiger partial charge on any atom is -0.497 e. The van der Waals surface area contributed by atoms with E-state index in [0.29, 0.717) is 5.84 Å². The third-order valence-electron chi connectivity index (χ3n) is 4.69. The fraction of sp³-hybridized carbons (Fsp3) is 0.0952. The molecule has 2 N–H and O–H groups in total. The van der Waals surface area contributed by atoms with Crippen LogP contribution in [-0.4, -0.2) is 12.9 Å². The fourth-order valence-corrected chi connectivity index (χ4v) is 3.89. The third kappa shape index (κ3) is 2.51. The van der Waals surface area contributed by atoms with E-state index in [9.17, 15) is 4.39 Å². The van der Waals surface area contributed by atoms with E-state index in [1.54, 1.807) is 13.2 Å². The maximum atomic E-state index is 14.1. The van der Waals surface area contributed by atoms with Gasteiger partial charge >= 0.3 is 0 Å². The zero-order chi connectivity index (χ0) is 18.3. The number of aliphatic imine (C=N–C) groups is 1. The van der Waals surface area contributed by atoms with E-state index in [-0.39, 0.29) is 5.82 Å². The summed E-state index contributed by atoms with van der Waals surface area (Å²) < 4.78 is 20.3. The molecule has 4 rings (SSSR count). The summed E-state index contributed by atoms with van der Waals surface area (Å²) in [5.74, 6) is 0.824. The molecule has 0 bridgehead atoms. The SMILES string of the molecule is COc1ccc(C2(c3cccc(Br)c3)N=C(N)c3ccc(F)cc32)cc1. The van der Waals surface area contributed by atoms with Gasteiger partial charge in [0, 0.05) is 15.6 Å². The molecule has 5 heteroatoms. The third-order valence-corrected chi connectivity index (χ3v) is 5.18. The van der Waals surface area contributed by atoms with Crippen LogP contribution < -0.4 is 10.5 Å². The van der Waals surface area contributed by atoms with Crippen molar-refractivity contribution in [2.45, 2.75) is 5.54 Å². The van der Waals surface area contributed by atoms with E-state index in [2.05, 4.69) is 15.9 Å². The summed E-state index contributed by atoms with van der Waals surface area (Å²) in [6, 6.07) is 20.1. The second kappa shape index (κ2) is 6.25. The normalized spacial score (nSPS) is 18.3. The van der Waals surface area contributed by atoms with Crippen LogP contribution in [0.15, 0.2) is 76.2 Å². The first-order valence-corrected chi connectivity index (χ1v) is 8.90. The molecule has 0 saturated carbocycles. The summed E-state index contributed by atoms with van der Waals surface area (Å²) in [6.07, 6.45) is 0. The van der Waals surface area contributed by atoms with E-state index >= 15 is 0 Å². The summed E-state index contributed by atoms with van der Waals surface area (Å²) in [6.45, 7) is 0. The molecule has 130 valence electrons. The van der Waals surface area contributed by atoms with E-state index in [1.807, 2.05) is 48.5 Å². The molecule has 1 heterocycles. The lowest BCUT2D eigenvalue weighted by Gasteiger charge is -2.29. The van der Waals surface area contributed by atoms with Crippen molar-refractivity contribution in [1.29, 1.82) is 0 Å². The van der Waals surface area contributed by atoms with Crippen molar-refractivity contribution in [1.82, 2.24) is 0 Å². The van der Waals surface area contributed by atoms with Crippen molar-refractivity contribution < 1.29 is 9.13 Å². The molecule has 0 fully saturated rings. The average molecular weight is 411 g/mol. The van der Waals surface area contributed by atoms with Crippen LogP contribution in [-0.2, 0) is 5.54 Å². The molecule has 26 heavy (non-hydrogen) atoms. The fourth-order valence-electron chi connectivity index (χ4n) is 3.49. The number of amidine groups is 1. The Morgan fingerprint density at radius 3 is 2.46 bits per heavy atom. The molecule has 0 spiro atoms. The minimum absolute atomic E-state index is 0.318. The molecule has 3 aromatic carbocycles. The summed E-state index contributed by atoms with van der Waals surface area (Å²) in [7, 11) is 1.62. The number of nitrogens with zero attached hydrogens (tertiary/aromatic N) is 1. The minimum atomic E-state index is -0.905. The number of hydrogen-bond donors (Lipinski definition) is 1. The predicted molar refractivity (Wildman–Crippen MR) is 104 cm³/mol. The molecule has 3 nitrogen and oxygen atoms in total. The molecule has 1 aliphatic heterocycles. The Labute approximate surface area is 159 Å². The lowest BCUT2D eigenvalue weighted by Crippen LogP contribution is -2.25. The van der Waals surface area contributed by atoms with Gasteiger partial charge < -0.3 is 10.5 Å². The highest BCUT2D eigenvalue weighted by Crippen LogP contribution is 2.46. The van der Waals surface area contributed by atoms with Crippen molar-refractivity contribution in [3.05, 3.63) is 99.3 Å².